The molecule has 0 amide bonds. The van der Waals surface area contributed by atoms with Gasteiger partial charge in [0.2, 0.25) is 0 Å². The van der Waals surface area contributed by atoms with Crippen molar-refractivity contribution in [2.45, 2.75) is 26.4 Å². The third kappa shape index (κ3) is 5.75. The molecule has 96 valence electrons. The molecule has 0 atom stereocenters. The maximum Gasteiger partial charge on any atom is 0.251 e. The molecule has 0 heterocycles. The smallest absolute Gasteiger partial charge is 0.251 e. The number of hydrogen-bond donors (Lipinski definition) is 1. The maximum absolute atomic E-state index is 12.2. The molecule has 0 unspecified atom stereocenters. The predicted octanol–water partition coefficient (Wildman–Crippen LogP) is 2.49. The van der Waals surface area contributed by atoms with Crippen molar-refractivity contribution in [1.29, 1.82) is 0 Å². The number of benzene rings is 1. The Bertz CT molecular complexity index is 329. The summed E-state index contributed by atoms with van der Waals surface area (Å²) in [5.74, 6) is 0. The molecular weight excluding hydrogens is 222 g/mol. The van der Waals surface area contributed by atoms with Gasteiger partial charge in [-0.05, 0) is 24.7 Å². The third-order valence-electron chi connectivity index (χ3n) is 2.47. The molecule has 17 heavy (non-hydrogen) atoms. The van der Waals surface area contributed by atoms with Gasteiger partial charge in [0.05, 0.1) is 6.54 Å². The summed E-state index contributed by atoms with van der Waals surface area (Å²) in [6.07, 6.45) is -2.27. The standard InChI is InChI=1S/C13H20F2N2/c1-3-16-8-11-5-4-6-12(7-11)9-17(2)10-13(14)15/h4-7,13,16H,3,8-10H2,1-2H3. The topological polar surface area (TPSA) is 15.3 Å². The van der Waals surface area contributed by atoms with Gasteiger partial charge in [-0.1, -0.05) is 31.2 Å². The van der Waals surface area contributed by atoms with Crippen molar-refractivity contribution in [2.24, 2.45) is 0 Å². The molecule has 0 aromatic heterocycles. The lowest BCUT2D eigenvalue weighted by atomic mass is 10.1. The van der Waals surface area contributed by atoms with Crippen LogP contribution in [0.3, 0.4) is 0 Å². The third-order valence-corrected chi connectivity index (χ3v) is 2.47. The average Bonchev–Trinajstić information content (AvgIpc) is 2.25. The fraction of sp³-hybridized carbons (Fsp3) is 0.538. The van der Waals surface area contributed by atoms with E-state index in [0.717, 1.165) is 18.7 Å². The molecular formula is C13H20F2N2. The fourth-order valence-electron chi connectivity index (χ4n) is 1.72. The second kappa shape index (κ2) is 7.35. The van der Waals surface area contributed by atoms with E-state index < -0.39 is 6.43 Å². The lowest BCUT2D eigenvalue weighted by molar-refractivity contribution is 0.0975. The number of alkyl halides is 2. The zero-order valence-corrected chi connectivity index (χ0v) is 10.4. The summed E-state index contributed by atoms with van der Waals surface area (Å²) in [7, 11) is 1.71. The molecule has 0 fully saturated rings. The number of hydrogen-bond acceptors (Lipinski definition) is 2. The summed E-state index contributed by atoms with van der Waals surface area (Å²) in [5.41, 5.74) is 2.26. The van der Waals surface area contributed by atoms with Crippen molar-refractivity contribution in [3.8, 4) is 0 Å². The molecule has 1 aromatic rings. The van der Waals surface area contributed by atoms with Crippen LogP contribution in [0.5, 0.6) is 0 Å². The van der Waals surface area contributed by atoms with Gasteiger partial charge < -0.3 is 5.32 Å². The van der Waals surface area contributed by atoms with Gasteiger partial charge in [0, 0.05) is 13.1 Å². The van der Waals surface area contributed by atoms with Crippen molar-refractivity contribution >= 4 is 0 Å². The molecule has 0 aliphatic carbocycles. The fourth-order valence-corrected chi connectivity index (χ4v) is 1.72. The number of nitrogens with zero attached hydrogens (tertiary/aromatic N) is 1. The average molecular weight is 242 g/mol. The highest BCUT2D eigenvalue weighted by molar-refractivity contribution is 5.23. The van der Waals surface area contributed by atoms with E-state index in [1.165, 1.54) is 5.56 Å². The highest BCUT2D eigenvalue weighted by Crippen LogP contribution is 2.08. The summed E-state index contributed by atoms with van der Waals surface area (Å²) < 4.78 is 24.4. The Labute approximate surface area is 102 Å². The van der Waals surface area contributed by atoms with Crippen molar-refractivity contribution in [3.05, 3.63) is 35.4 Å². The van der Waals surface area contributed by atoms with Gasteiger partial charge in [0.25, 0.3) is 6.43 Å². The summed E-state index contributed by atoms with van der Waals surface area (Å²) >= 11 is 0. The molecule has 0 bridgehead atoms. The van der Waals surface area contributed by atoms with Crippen LogP contribution in [0.25, 0.3) is 0 Å². The summed E-state index contributed by atoms with van der Waals surface area (Å²) in [5, 5.41) is 3.24. The first kappa shape index (κ1) is 14.1. The van der Waals surface area contributed by atoms with Crippen molar-refractivity contribution < 1.29 is 8.78 Å². The zero-order chi connectivity index (χ0) is 12.7. The highest BCUT2D eigenvalue weighted by Gasteiger charge is 2.08. The quantitative estimate of drug-likeness (QED) is 0.790. The van der Waals surface area contributed by atoms with Gasteiger partial charge in [-0.2, -0.15) is 0 Å². The van der Waals surface area contributed by atoms with Crippen LogP contribution in [0, 0.1) is 0 Å². The van der Waals surface area contributed by atoms with E-state index in [9.17, 15) is 8.78 Å². The Morgan fingerprint density at radius 1 is 1.29 bits per heavy atom. The van der Waals surface area contributed by atoms with Crippen LogP contribution in [0.15, 0.2) is 24.3 Å². The summed E-state index contributed by atoms with van der Waals surface area (Å²) in [6, 6.07) is 8.04. The summed E-state index contributed by atoms with van der Waals surface area (Å²) in [4.78, 5) is 1.64. The van der Waals surface area contributed by atoms with Crippen molar-refractivity contribution in [2.75, 3.05) is 20.1 Å². The number of nitrogens with one attached hydrogen (secondary N) is 1. The summed E-state index contributed by atoms with van der Waals surface area (Å²) in [6.45, 7) is 4.18. The monoisotopic (exact) mass is 242 g/mol. The SMILES string of the molecule is CCNCc1cccc(CN(C)CC(F)F)c1. The Kier molecular flexibility index (Phi) is 6.08. The maximum atomic E-state index is 12.2. The van der Waals surface area contributed by atoms with Gasteiger partial charge in [-0.15, -0.1) is 0 Å². The number of halogens is 2. The molecule has 4 heteroatoms. The predicted molar refractivity (Wildman–Crippen MR) is 66.2 cm³/mol. The van der Waals surface area contributed by atoms with Gasteiger partial charge in [-0.3, -0.25) is 4.90 Å². The van der Waals surface area contributed by atoms with Gasteiger partial charge in [0.1, 0.15) is 0 Å². The first-order valence-corrected chi connectivity index (χ1v) is 5.87. The normalized spacial score (nSPS) is 11.4. The van der Waals surface area contributed by atoms with Crippen LogP contribution >= 0.6 is 0 Å². The van der Waals surface area contributed by atoms with E-state index in [4.69, 9.17) is 0 Å². The van der Waals surface area contributed by atoms with Crippen LogP contribution in [0.2, 0.25) is 0 Å². The van der Waals surface area contributed by atoms with Crippen LogP contribution in [-0.2, 0) is 13.1 Å². The minimum atomic E-state index is -2.27. The first-order chi connectivity index (χ1) is 8.11. The van der Waals surface area contributed by atoms with E-state index in [-0.39, 0.29) is 6.54 Å². The second-order valence-electron chi connectivity index (χ2n) is 4.19. The molecule has 2 nitrogen and oxygen atoms in total. The van der Waals surface area contributed by atoms with Crippen molar-refractivity contribution in [1.82, 2.24) is 10.2 Å². The minimum Gasteiger partial charge on any atom is -0.313 e. The first-order valence-electron chi connectivity index (χ1n) is 5.87. The molecule has 0 radical (unpaired) electrons. The van der Waals surface area contributed by atoms with Crippen LogP contribution in [0.1, 0.15) is 18.1 Å². The molecule has 0 saturated carbocycles. The Hall–Kier alpha value is -1.00. The Morgan fingerprint density at radius 2 is 2.00 bits per heavy atom. The van der Waals surface area contributed by atoms with E-state index in [1.807, 2.05) is 18.2 Å². The molecule has 0 spiro atoms. The lowest BCUT2D eigenvalue weighted by Crippen LogP contribution is -2.24. The van der Waals surface area contributed by atoms with E-state index in [0.29, 0.717) is 6.54 Å². The van der Waals surface area contributed by atoms with E-state index >= 15 is 0 Å². The van der Waals surface area contributed by atoms with Gasteiger partial charge in [0.15, 0.2) is 0 Å². The molecule has 1 aromatic carbocycles. The van der Waals surface area contributed by atoms with Gasteiger partial charge >= 0.3 is 0 Å². The second-order valence-corrected chi connectivity index (χ2v) is 4.19. The Morgan fingerprint density at radius 3 is 2.65 bits per heavy atom. The lowest BCUT2D eigenvalue weighted by Gasteiger charge is -2.16. The molecule has 0 aliphatic rings. The Balaban J connectivity index is 2.52. The van der Waals surface area contributed by atoms with Crippen LogP contribution < -0.4 is 5.32 Å². The van der Waals surface area contributed by atoms with Crippen LogP contribution in [0.4, 0.5) is 8.78 Å². The van der Waals surface area contributed by atoms with Crippen molar-refractivity contribution in [3.63, 3.8) is 0 Å². The minimum absolute atomic E-state index is 0.183. The highest BCUT2D eigenvalue weighted by atomic mass is 19.3. The zero-order valence-electron chi connectivity index (χ0n) is 10.4. The molecule has 0 aliphatic heterocycles. The molecule has 1 N–H and O–H groups in total. The largest absolute Gasteiger partial charge is 0.313 e. The van der Waals surface area contributed by atoms with E-state index in [1.54, 1.807) is 11.9 Å². The number of rotatable bonds is 7. The molecule has 1 rings (SSSR count). The van der Waals surface area contributed by atoms with Gasteiger partial charge in [-0.25, -0.2) is 8.78 Å². The van der Waals surface area contributed by atoms with Crippen LogP contribution in [-0.4, -0.2) is 31.5 Å². The van der Waals surface area contributed by atoms with E-state index in [2.05, 4.69) is 18.3 Å². The molecule has 0 saturated heterocycles.